The summed E-state index contributed by atoms with van der Waals surface area (Å²) in [5, 5.41) is 12.8. The predicted octanol–water partition coefficient (Wildman–Crippen LogP) is 12.1. The van der Waals surface area contributed by atoms with Gasteiger partial charge in [-0.3, -0.25) is 4.90 Å². The van der Waals surface area contributed by atoms with E-state index >= 15 is 0 Å². The average Bonchev–Trinajstić information content (AvgIpc) is 3.37. The third-order valence-corrected chi connectivity index (χ3v) is 9.44. The van der Waals surface area contributed by atoms with Crippen molar-refractivity contribution in [3.63, 3.8) is 0 Å². The second-order valence-corrected chi connectivity index (χ2v) is 12.9. The average molecular weight is 671 g/mol. The summed E-state index contributed by atoms with van der Waals surface area (Å²) < 4.78 is 0. The quantitative estimate of drug-likeness (QED) is 0.150. The van der Waals surface area contributed by atoms with Crippen LogP contribution in [0.2, 0.25) is 0 Å². The Balaban J connectivity index is 1.23. The molecule has 1 heterocycles. The van der Waals surface area contributed by atoms with Crippen LogP contribution in [0, 0.1) is 5.41 Å². The summed E-state index contributed by atoms with van der Waals surface area (Å²) in [5.41, 5.74) is 13.5. The first-order valence-corrected chi connectivity index (χ1v) is 17.7. The molecule has 4 nitrogen and oxygen atoms in total. The monoisotopic (exact) mass is 670 g/mol. The van der Waals surface area contributed by atoms with E-state index in [4.69, 9.17) is 4.99 Å². The van der Waals surface area contributed by atoms with E-state index in [1.165, 1.54) is 16.7 Å². The summed E-state index contributed by atoms with van der Waals surface area (Å²) in [6, 6.07) is 56.1. The van der Waals surface area contributed by atoms with Gasteiger partial charge in [-0.1, -0.05) is 146 Å². The van der Waals surface area contributed by atoms with Crippen molar-refractivity contribution in [3.8, 4) is 11.1 Å². The molecule has 0 bridgehead atoms. The number of aliphatic imine (C=N–C) groups is 1. The van der Waals surface area contributed by atoms with Gasteiger partial charge in [0.05, 0.1) is 17.1 Å². The first-order valence-electron chi connectivity index (χ1n) is 17.7. The molecule has 6 aromatic rings. The molecule has 6 aromatic carbocycles. The standard InChI is InChI=1S/C48H38N4/c49-44(36-17-6-2-7-18-36)33-48(50-34-35-15-4-1-5-16-35)52-46-26-13-10-19-37(46)27-28-38-29-30-40(32-47(38)52)39-20-14-21-41(31-39)43-24-11-12-25-45(43)51-42-22-8-3-9-23-42/h1-28,31-34,49,51H,29-30H2/b48-33+,49-44?,50-34+. The molecule has 2 aliphatic rings. The summed E-state index contributed by atoms with van der Waals surface area (Å²) in [6.45, 7) is 0. The molecule has 4 heteroatoms. The van der Waals surface area contributed by atoms with Crippen molar-refractivity contribution < 1.29 is 0 Å². The van der Waals surface area contributed by atoms with Crippen molar-refractivity contribution >= 4 is 40.6 Å². The van der Waals surface area contributed by atoms with Gasteiger partial charge in [-0.25, -0.2) is 4.99 Å². The van der Waals surface area contributed by atoms with Crippen LogP contribution in [0.15, 0.2) is 204 Å². The highest BCUT2D eigenvalue weighted by molar-refractivity contribution is 6.07. The lowest BCUT2D eigenvalue weighted by Crippen LogP contribution is -2.24. The normalized spacial score (nSPS) is 14.0. The van der Waals surface area contributed by atoms with E-state index in [9.17, 15) is 5.41 Å². The molecular weight excluding hydrogens is 633 g/mol. The second-order valence-electron chi connectivity index (χ2n) is 12.9. The molecule has 1 aliphatic heterocycles. The van der Waals surface area contributed by atoms with Gasteiger partial charge in [0.15, 0.2) is 0 Å². The molecule has 250 valence electrons. The van der Waals surface area contributed by atoms with Gasteiger partial charge in [0, 0.05) is 29.2 Å². The van der Waals surface area contributed by atoms with Crippen LogP contribution in [0.3, 0.4) is 0 Å². The van der Waals surface area contributed by atoms with Crippen LogP contribution < -0.4 is 10.2 Å². The molecular formula is C48H38N4. The van der Waals surface area contributed by atoms with Crippen LogP contribution in [0.5, 0.6) is 0 Å². The summed E-state index contributed by atoms with van der Waals surface area (Å²) >= 11 is 0. The fourth-order valence-corrected chi connectivity index (χ4v) is 6.81. The number of anilines is 3. The molecule has 0 radical (unpaired) electrons. The smallest absolute Gasteiger partial charge is 0.139 e. The maximum atomic E-state index is 9.17. The number of benzene rings is 6. The van der Waals surface area contributed by atoms with Crippen molar-refractivity contribution in [2.45, 2.75) is 12.8 Å². The maximum absolute atomic E-state index is 9.17. The molecule has 0 saturated heterocycles. The third-order valence-electron chi connectivity index (χ3n) is 9.44. The number of nitrogens with one attached hydrogen (secondary N) is 2. The lowest BCUT2D eigenvalue weighted by Gasteiger charge is -2.31. The van der Waals surface area contributed by atoms with Crippen LogP contribution >= 0.6 is 0 Å². The van der Waals surface area contributed by atoms with Gasteiger partial charge in [0.25, 0.3) is 0 Å². The molecule has 0 fully saturated rings. The first kappa shape index (κ1) is 32.4. The molecule has 8 rings (SSSR count). The minimum Gasteiger partial charge on any atom is -0.355 e. The largest absolute Gasteiger partial charge is 0.355 e. The SMILES string of the molecule is N=C(/C=C(\N=C\c1ccccc1)N1C2=C(C=Cc3ccccc31)CCC(c1cccc(-c3ccccc3Nc3ccccc3)c1)=C2)c1ccccc1. The first-order chi connectivity index (χ1) is 25.7. The van der Waals surface area contributed by atoms with E-state index in [0.717, 1.165) is 63.4 Å². The van der Waals surface area contributed by atoms with Crippen LogP contribution in [0.4, 0.5) is 17.1 Å². The minimum absolute atomic E-state index is 0.396. The zero-order valence-corrected chi connectivity index (χ0v) is 28.8. The van der Waals surface area contributed by atoms with Crippen molar-refractivity contribution in [1.82, 2.24) is 0 Å². The Morgan fingerprint density at radius 2 is 1.35 bits per heavy atom. The predicted molar refractivity (Wildman–Crippen MR) is 219 cm³/mol. The highest BCUT2D eigenvalue weighted by Gasteiger charge is 2.26. The van der Waals surface area contributed by atoms with Gasteiger partial charge in [-0.2, -0.15) is 0 Å². The zero-order chi connectivity index (χ0) is 35.1. The molecule has 0 amide bonds. The number of nitrogens with zero attached hydrogens (tertiary/aromatic N) is 2. The Hall–Kier alpha value is -6.78. The Bertz CT molecular complexity index is 2380. The van der Waals surface area contributed by atoms with E-state index in [1.807, 2.05) is 91.2 Å². The molecule has 0 aromatic heterocycles. The Morgan fingerprint density at radius 3 is 2.17 bits per heavy atom. The Kier molecular flexibility index (Phi) is 9.35. The zero-order valence-electron chi connectivity index (χ0n) is 28.8. The van der Waals surface area contributed by atoms with Crippen LogP contribution in [-0.4, -0.2) is 11.9 Å². The molecule has 2 N–H and O–H groups in total. The van der Waals surface area contributed by atoms with Gasteiger partial charge in [0.1, 0.15) is 5.82 Å². The van der Waals surface area contributed by atoms with Crippen molar-refractivity contribution in [1.29, 1.82) is 5.41 Å². The van der Waals surface area contributed by atoms with Gasteiger partial charge in [-0.15, -0.1) is 0 Å². The maximum Gasteiger partial charge on any atom is 0.139 e. The molecule has 0 unspecified atom stereocenters. The summed E-state index contributed by atoms with van der Waals surface area (Å²) in [7, 11) is 0. The highest BCUT2D eigenvalue weighted by atomic mass is 15.2. The van der Waals surface area contributed by atoms with Crippen molar-refractivity contribution in [2.75, 3.05) is 10.2 Å². The van der Waals surface area contributed by atoms with Crippen LogP contribution in [-0.2, 0) is 0 Å². The molecule has 1 aliphatic carbocycles. The minimum atomic E-state index is 0.396. The van der Waals surface area contributed by atoms with E-state index in [0.29, 0.717) is 11.5 Å². The topological polar surface area (TPSA) is 51.5 Å². The molecule has 52 heavy (non-hydrogen) atoms. The Labute approximate surface area is 305 Å². The van der Waals surface area contributed by atoms with E-state index in [-0.39, 0.29) is 0 Å². The van der Waals surface area contributed by atoms with Crippen molar-refractivity contribution in [3.05, 3.63) is 221 Å². The molecule has 0 spiro atoms. The number of allylic oxidation sites excluding steroid dienone is 5. The lowest BCUT2D eigenvalue weighted by atomic mass is 9.89. The number of hydrogen-bond donors (Lipinski definition) is 2. The van der Waals surface area contributed by atoms with Gasteiger partial charge in [-0.05, 0) is 88.2 Å². The van der Waals surface area contributed by atoms with Gasteiger partial charge < -0.3 is 10.7 Å². The number of fused-ring (bicyclic) bond motifs is 1. The van der Waals surface area contributed by atoms with Gasteiger partial charge in [0.2, 0.25) is 0 Å². The molecule has 0 atom stereocenters. The number of hydrogen-bond acceptors (Lipinski definition) is 4. The fourth-order valence-electron chi connectivity index (χ4n) is 6.81. The number of rotatable bonds is 9. The van der Waals surface area contributed by atoms with Crippen molar-refractivity contribution in [2.24, 2.45) is 4.99 Å². The highest BCUT2D eigenvalue weighted by Crippen LogP contribution is 2.42. The number of para-hydroxylation sites is 3. The van der Waals surface area contributed by atoms with E-state index < -0.39 is 0 Å². The molecule has 0 saturated carbocycles. The summed E-state index contributed by atoms with van der Waals surface area (Å²) in [5.74, 6) is 0.675. The van der Waals surface area contributed by atoms with Crippen LogP contribution in [0.25, 0.3) is 22.8 Å². The Morgan fingerprint density at radius 1 is 0.654 bits per heavy atom. The van der Waals surface area contributed by atoms with E-state index in [1.54, 1.807) is 0 Å². The third kappa shape index (κ3) is 7.09. The van der Waals surface area contributed by atoms with Crippen LogP contribution in [0.1, 0.15) is 35.1 Å². The summed E-state index contributed by atoms with van der Waals surface area (Å²) in [4.78, 5) is 7.37. The lowest BCUT2D eigenvalue weighted by molar-refractivity contribution is 0.950. The summed E-state index contributed by atoms with van der Waals surface area (Å²) in [6.07, 6.45) is 12.4. The van der Waals surface area contributed by atoms with E-state index in [2.05, 4.69) is 113 Å². The second kappa shape index (κ2) is 15.0. The van der Waals surface area contributed by atoms with Gasteiger partial charge >= 0.3 is 0 Å². The fraction of sp³-hybridized carbons (Fsp3) is 0.0417.